The van der Waals surface area contributed by atoms with Crippen LogP contribution in [0.5, 0.6) is 0 Å². The van der Waals surface area contributed by atoms with Gasteiger partial charge in [-0.25, -0.2) is 4.98 Å². The van der Waals surface area contributed by atoms with Crippen LogP contribution in [0.15, 0.2) is 10.9 Å². The summed E-state index contributed by atoms with van der Waals surface area (Å²) in [6.07, 6.45) is 3.24. The van der Waals surface area contributed by atoms with Gasteiger partial charge in [-0.15, -0.1) is 0 Å². The minimum Gasteiger partial charge on any atom is -0.348 e. The first-order valence-electron chi connectivity index (χ1n) is 7.69. The van der Waals surface area contributed by atoms with Crippen molar-refractivity contribution in [3.63, 3.8) is 0 Å². The number of aromatic amines is 1. The monoisotopic (exact) mass is 303 g/mol. The van der Waals surface area contributed by atoms with Crippen molar-refractivity contribution in [1.82, 2.24) is 25.0 Å². The number of nitrogens with zero attached hydrogens (tertiary/aromatic N) is 4. The number of hydrogen-bond acceptors (Lipinski definition) is 5. The third-order valence-corrected chi connectivity index (χ3v) is 4.14. The Bertz CT molecular complexity index is 652. The summed E-state index contributed by atoms with van der Waals surface area (Å²) in [7, 11) is 0. The standard InChI is InChI=1S/C15H21N5O2/c1-9(2)13-18-14(22-19-13)11-4-6-20(7-5-11)15(21)12-10(3)16-8-17-12/h8-9,11H,4-7H2,1-3H3,(H,16,17). The molecule has 3 rings (SSSR count). The molecule has 2 aromatic heterocycles. The molecule has 1 aliphatic rings. The minimum atomic E-state index is -0.00871. The van der Waals surface area contributed by atoms with Crippen LogP contribution in [0.1, 0.15) is 66.4 Å². The van der Waals surface area contributed by atoms with Crippen LogP contribution in [-0.2, 0) is 0 Å². The van der Waals surface area contributed by atoms with Gasteiger partial charge in [0.15, 0.2) is 5.82 Å². The van der Waals surface area contributed by atoms with Gasteiger partial charge >= 0.3 is 0 Å². The highest BCUT2D eigenvalue weighted by Crippen LogP contribution is 2.28. The van der Waals surface area contributed by atoms with Gasteiger partial charge in [-0.2, -0.15) is 4.98 Å². The summed E-state index contributed by atoms with van der Waals surface area (Å²) in [6.45, 7) is 7.33. The number of rotatable bonds is 3. The van der Waals surface area contributed by atoms with E-state index in [-0.39, 0.29) is 17.7 Å². The van der Waals surface area contributed by atoms with E-state index in [0.717, 1.165) is 24.4 Å². The maximum Gasteiger partial charge on any atom is 0.274 e. The predicted octanol–water partition coefficient (Wildman–Crippen LogP) is 2.24. The first kappa shape index (κ1) is 14.7. The predicted molar refractivity (Wildman–Crippen MR) is 79.6 cm³/mol. The van der Waals surface area contributed by atoms with Gasteiger partial charge in [0.05, 0.1) is 6.33 Å². The Kier molecular flexibility index (Phi) is 3.96. The van der Waals surface area contributed by atoms with E-state index in [0.29, 0.717) is 24.7 Å². The smallest absolute Gasteiger partial charge is 0.274 e. The largest absolute Gasteiger partial charge is 0.348 e. The third-order valence-electron chi connectivity index (χ3n) is 4.14. The molecule has 118 valence electrons. The summed E-state index contributed by atoms with van der Waals surface area (Å²) in [5, 5.41) is 4.02. The van der Waals surface area contributed by atoms with Crippen molar-refractivity contribution in [2.24, 2.45) is 0 Å². The molecule has 7 nitrogen and oxygen atoms in total. The Labute approximate surface area is 129 Å². The zero-order chi connectivity index (χ0) is 15.7. The number of nitrogens with one attached hydrogen (secondary N) is 1. The van der Waals surface area contributed by atoms with Crippen LogP contribution in [-0.4, -0.2) is 44.0 Å². The first-order chi connectivity index (χ1) is 10.6. The summed E-state index contributed by atoms with van der Waals surface area (Å²) in [6, 6.07) is 0. The van der Waals surface area contributed by atoms with Crippen molar-refractivity contribution >= 4 is 5.91 Å². The lowest BCUT2D eigenvalue weighted by Crippen LogP contribution is -2.38. The number of hydrogen-bond donors (Lipinski definition) is 1. The van der Waals surface area contributed by atoms with E-state index in [4.69, 9.17) is 4.52 Å². The molecule has 1 fully saturated rings. The Morgan fingerprint density at radius 1 is 1.41 bits per heavy atom. The van der Waals surface area contributed by atoms with Crippen molar-refractivity contribution in [1.29, 1.82) is 0 Å². The van der Waals surface area contributed by atoms with E-state index < -0.39 is 0 Å². The molecule has 0 spiro atoms. The fraction of sp³-hybridized carbons (Fsp3) is 0.600. The molecule has 0 saturated carbocycles. The number of carbonyl (C=O) groups excluding carboxylic acids is 1. The van der Waals surface area contributed by atoms with Gasteiger partial charge in [0.2, 0.25) is 5.89 Å². The second-order valence-corrected chi connectivity index (χ2v) is 6.09. The van der Waals surface area contributed by atoms with Crippen molar-refractivity contribution in [3.05, 3.63) is 29.4 Å². The van der Waals surface area contributed by atoms with Gasteiger partial charge < -0.3 is 14.4 Å². The Morgan fingerprint density at radius 2 is 2.14 bits per heavy atom. The highest BCUT2D eigenvalue weighted by molar-refractivity contribution is 5.93. The van der Waals surface area contributed by atoms with Crippen LogP contribution >= 0.6 is 0 Å². The van der Waals surface area contributed by atoms with Gasteiger partial charge in [-0.05, 0) is 19.8 Å². The fourth-order valence-electron chi connectivity index (χ4n) is 2.70. The number of imidazole rings is 1. The molecule has 0 bridgehead atoms. The van der Waals surface area contributed by atoms with E-state index in [1.807, 2.05) is 25.7 Å². The molecule has 0 atom stereocenters. The van der Waals surface area contributed by atoms with Gasteiger partial charge in [0, 0.05) is 30.6 Å². The maximum absolute atomic E-state index is 12.4. The highest BCUT2D eigenvalue weighted by atomic mass is 16.5. The number of aromatic nitrogens is 4. The van der Waals surface area contributed by atoms with Crippen LogP contribution < -0.4 is 0 Å². The molecule has 0 aromatic carbocycles. The molecular formula is C15H21N5O2. The van der Waals surface area contributed by atoms with Crippen LogP contribution in [0, 0.1) is 6.92 Å². The average Bonchev–Trinajstić information content (AvgIpc) is 3.15. The van der Waals surface area contributed by atoms with Gasteiger partial charge in [0.25, 0.3) is 5.91 Å². The molecule has 7 heteroatoms. The number of likely N-dealkylation sites (tertiary alicyclic amines) is 1. The molecule has 1 amide bonds. The van der Waals surface area contributed by atoms with E-state index in [9.17, 15) is 4.79 Å². The summed E-state index contributed by atoms with van der Waals surface area (Å²) in [5.74, 6) is 1.95. The number of piperidine rings is 1. The van der Waals surface area contributed by atoms with Crippen LogP contribution in [0.25, 0.3) is 0 Å². The van der Waals surface area contributed by atoms with Crippen LogP contribution in [0.3, 0.4) is 0 Å². The second kappa shape index (κ2) is 5.90. The van der Waals surface area contributed by atoms with E-state index in [1.54, 1.807) is 6.33 Å². The molecule has 0 aliphatic carbocycles. The molecule has 1 aliphatic heterocycles. The molecule has 1 N–H and O–H groups in total. The molecule has 0 unspecified atom stereocenters. The quantitative estimate of drug-likeness (QED) is 0.939. The van der Waals surface area contributed by atoms with Crippen LogP contribution in [0.4, 0.5) is 0 Å². The lowest BCUT2D eigenvalue weighted by molar-refractivity contribution is 0.0698. The third kappa shape index (κ3) is 2.75. The summed E-state index contributed by atoms with van der Waals surface area (Å²) < 4.78 is 5.37. The van der Waals surface area contributed by atoms with E-state index in [2.05, 4.69) is 20.1 Å². The van der Waals surface area contributed by atoms with Gasteiger partial charge in [-0.1, -0.05) is 19.0 Å². The van der Waals surface area contributed by atoms with Crippen molar-refractivity contribution in [2.75, 3.05) is 13.1 Å². The Morgan fingerprint density at radius 3 is 2.68 bits per heavy atom. The topological polar surface area (TPSA) is 87.9 Å². The zero-order valence-corrected chi connectivity index (χ0v) is 13.2. The number of aryl methyl sites for hydroxylation is 1. The fourth-order valence-corrected chi connectivity index (χ4v) is 2.70. The molecule has 3 heterocycles. The average molecular weight is 303 g/mol. The molecule has 2 aromatic rings. The van der Waals surface area contributed by atoms with Crippen molar-refractivity contribution < 1.29 is 9.32 Å². The van der Waals surface area contributed by atoms with E-state index >= 15 is 0 Å². The number of H-pyrrole nitrogens is 1. The molecular weight excluding hydrogens is 282 g/mol. The van der Waals surface area contributed by atoms with E-state index in [1.165, 1.54) is 0 Å². The SMILES string of the molecule is Cc1[nH]cnc1C(=O)N1CCC(c2nc(C(C)C)no2)CC1. The molecule has 0 radical (unpaired) electrons. The van der Waals surface area contributed by atoms with Gasteiger partial charge in [-0.3, -0.25) is 4.79 Å². The van der Waals surface area contributed by atoms with Crippen molar-refractivity contribution in [3.8, 4) is 0 Å². The summed E-state index contributed by atoms with van der Waals surface area (Å²) >= 11 is 0. The van der Waals surface area contributed by atoms with Crippen molar-refractivity contribution in [2.45, 2.75) is 45.4 Å². The maximum atomic E-state index is 12.4. The normalized spacial score (nSPS) is 16.5. The number of carbonyl (C=O) groups is 1. The molecule has 22 heavy (non-hydrogen) atoms. The Balaban J connectivity index is 1.62. The zero-order valence-electron chi connectivity index (χ0n) is 13.2. The summed E-state index contributed by atoms with van der Waals surface area (Å²) in [4.78, 5) is 25.8. The highest BCUT2D eigenvalue weighted by Gasteiger charge is 2.29. The number of amides is 1. The lowest BCUT2D eigenvalue weighted by atomic mass is 9.96. The Hall–Kier alpha value is -2.18. The summed E-state index contributed by atoms with van der Waals surface area (Å²) in [5.41, 5.74) is 1.32. The first-order valence-corrected chi connectivity index (χ1v) is 7.69. The minimum absolute atomic E-state index is 0.00871. The second-order valence-electron chi connectivity index (χ2n) is 6.09. The molecule has 1 saturated heterocycles. The lowest BCUT2D eigenvalue weighted by Gasteiger charge is -2.30. The van der Waals surface area contributed by atoms with Gasteiger partial charge in [0.1, 0.15) is 5.69 Å². The van der Waals surface area contributed by atoms with Crippen LogP contribution in [0.2, 0.25) is 0 Å².